The smallest absolute Gasteiger partial charge is 0.239 e. The van der Waals surface area contributed by atoms with E-state index in [1.165, 1.54) is 6.33 Å². The molecule has 90 valence electrons. The number of H-pyrrole nitrogens is 1. The number of nitrogens with zero attached hydrogens (tertiary/aromatic N) is 2. The molecule has 1 amide bonds. The number of nitrogens with two attached hydrogens (primary N) is 1. The number of amides is 1. The lowest BCUT2D eigenvalue weighted by Crippen LogP contribution is -2.51. The summed E-state index contributed by atoms with van der Waals surface area (Å²) in [6.07, 6.45) is 3.69. The van der Waals surface area contributed by atoms with Crippen molar-refractivity contribution in [3.63, 3.8) is 0 Å². The first-order valence-electron chi connectivity index (χ1n) is 5.47. The molecule has 0 aromatic carbocycles. The number of nitrogens with one attached hydrogen (secondary N) is 2. The zero-order valence-corrected chi connectivity index (χ0v) is 9.79. The summed E-state index contributed by atoms with van der Waals surface area (Å²) in [5.74, 6) is 0.729. The van der Waals surface area contributed by atoms with Crippen molar-refractivity contribution in [2.75, 3.05) is 6.54 Å². The molecule has 0 radical (unpaired) electrons. The predicted octanol–water partition coefficient (Wildman–Crippen LogP) is -0.0191. The van der Waals surface area contributed by atoms with Crippen LogP contribution in [0.5, 0.6) is 0 Å². The Balaban J connectivity index is 2.18. The topological polar surface area (TPSA) is 96.7 Å². The van der Waals surface area contributed by atoms with Crippen LogP contribution in [0.2, 0.25) is 0 Å². The van der Waals surface area contributed by atoms with Gasteiger partial charge >= 0.3 is 0 Å². The minimum atomic E-state index is -0.772. The van der Waals surface area contributed by atoms with E-state index in [1.807, 2.05) is 6.92 Å². The van der Waals surface area contributed by atoms with Crippen molar-refractivity contribution in [2.45, 2.75) is 38.6 Å². The van der Waals surface area contributed by atoms with Crippen molar-refractivity contribution in [1.82, 2.24) is 20.5 Å². The molecule has 0 aliphatic carbocycles. The predicted molar refractivity (Wildman–Crippen MR) is 60.6 cm³/mol. The van der Waals surface area contributed by atoms with E-state index in [-0.39, 0.29) is 5.91 Å². The van der Waals surface area contributed by atoms with Crippen LogP contribution in [0.4, 0.5) is 0 Å². The van der Waals surface area contributed by atoms with Crippen LogP contribution in [-0.4, -0.2) is 33.2 Å². The monoisotopic (exact) mass is 225 g/mol. The molecule has 0 aliphatic rings. The molecule has 1 aromatic heterocycles. The lowest BCUT2D eigenvalue weighted by Gasteiger charge is -2.21. The molecule has 0 spiro atoms. The quantitative estimate of drug-likeness (QED) is 0.593. The first-order chi connectivity index (χ1) is 7.56. The van der Waals surface area contributed by atoms with E-state index >= 15 is 0 Å². The first kappa shape index (κ1) is 12.6. The van der Waals surface area contributed by atoms with Crippen LogP contribution in [0.3, 0.4) is 0 Å². The molecule has 16 heavy (non-hydrogen) atoms. The molecule has 0 aliphatic heterocycles. The van der Waals surface area contributed by atoms with Crippen molar-refractivity contribution in [3.05, 3.63) is 12.2 Å². The molecular weight excluding hydrogens is 206 g/mol. The maximum Gasteiger partial charge on any atom is 0.239 e. The molecule has 1 rings (SSSR count). The van der Waals surface area contributed by atoms with Crippen LogP contribution < -0.4 is 11.1 Å². The maximum absolute atomic E-state index is 11.6. The standard InChI is InChI=1S/C10H19N5O/c1-3-10(2,11)9(16)12-6-4-5-8-13-7-14-15-8/h7H,3-6,11H2,1-2H3,(H,12,16)(H,13,14,15). The van der Waals surface area contributed by atoms with E-state index in [0.717, 1.165) is 18.7 Å². The maximum atomic E-state index is 11.6. The molecular formula is C10H19N5O. The van der Waals surface area contributed by atoms with E-state index in [4.69, 9.17) is 5.73 Å². The van der Waals surface area contributed by atoms with Gasteiger partial charge in [-0.3, -0.25) is 9.89 Å². The molecule has 0 saturated heterocycles. The molecule has 1 unspecified atom stereocenters. The highest BCUT2D eigenvalue weighted by Crippen LogP contribution is 2.04. The third-order valence-electron chi connectivity index (χ3n) is 2.59. The second-order valence-corrected chi connectivity index (χ2v) is 4.06. The van der Waals surface area contributed by atoms with Gasteiger partial charge in [-0.15, -0.1) is 0 Å². The van der Waals surface area contributed by atoms with Gasteiger partial charge in [0, 0.05) is 13.0 Å². The lowest BCUT2D eigenvalue weighted by atomic mass is 9.99. The Morgan fingerprint density at radius 1 is 1.69 bits per heavy atom. The zero-order valence-electron chi connectivity index (χ0n) is 9.79. The summed E-state index contributed by atoms with van der Waals surface area (Å²) in [5.41, 5.74) is 5.02. The summed E-state index contributed by atoms with van der Waals surface area (Å²) in [4.78, 5) is 15.6. The number of aryl methyl sites for hydroxylation is 1. The molecule has 1 atom stereocenters. The van der Waals surface area contributed by atoms with Gasteiger partial charge < -0.3 is 11.1 Å². The van der Waals surface area contributed by atoms with Crippen molar-refractivity contribution in [1.29, 1.82) is 0 Å². The van der Waals surface area contributed by atoms with Crippen LogP contribution in [0.25, 0.3) is 0 Å². The van der Waals surface area contributed by atoms with E-state index in [2.05, 4.69) is 20.5 Å². The summed E-state index contributed by atoms with van der Waals surface area (Å²) >= 11 is 0. The third kappa shape index (κ3) is 3.62. The van der Waals surface area contributed by atoms with E-state index < -0.39 is 5.54 Å². The second kappa shape index (κ2) is 5.60. The van der Waals surface area contributed by atoms with Crippen molar-refractivity contribution < 1.29 is 4.79 Å². The average molecular weight is 225 g/mol. The Kier molecular flexibility index (Phi) is 4.42. The van der Waals surface area contributed by atoms with Gasteiger partial charge in [-0.1, -0.05) is 6.92 Å². The van der Waals surface area contributed by atoms with Gasteiger partial charge in [-0.25, -0.2) is 4.98 Å². The fourth-order valence-corrected chi connectivity index (χ4v) is 1.17. The Morgan fingerprint density at radius 3 is 3.00 bits per heavy atom. The molecule has 0 bridgehead atoms. The van der Waals surface area contributed by atoms with Gasteiger partial charge in [-0.2, -0.15) is 5.10 Å². The summed E-state index contributed by atoms with van der Waals surface area (Å²) < 4.78 is 0. The third-order valence-corrected chi connectivity index (χ3v) is 2.59. The minimum Gasteiger partial charge on any atom is -0.355 e. The highest BCUT2D eigenvalue weighted by molar-refractivity contribution is 5.85. The first-order valence-corrected chi connectivity index (χ1v) is 5.47. The number of rotatable bonds is 6. The lowest BCUT2D eigenvalue weighted by molar-refractivity contribution is -0.125. The van der Waals surface area contributed by atoms with Gasteiger partial charge in [0.25, 0.3) is 0 Å². The van der Waals surface area contributed by atoms with Crippen LogP contribution in [0.1, 0.15) is 32.5 Å². The molecule has 1 heterocycles. The van der Waals surface area contributed by atoms with Gasteiger partial charge in [-0.05, 0) is 19.8 Å². The number of aromatic amines is 1. The van der Waals surface area contributed by atoms with E-state index in [1.54, 1.807) is 6.92 Å². The number of hydrogen-bond donors (Lipinski definition) is 3. The molecule has 0 fully saturated rings. The van der Waals surface area contributed by atoms with Gasteiger partial charge in [0.2, 0.25) is 5.91 Å². The van der Waals surface area contributed by atoms with Crippen LogP contribution >= 0.6 is 0 Å². The Labute approximate surface area is 95.0 Å². The molecule has 0 saturated carbocycles. The number of aromatic nitrogens is 3. The minimum absolute atomic E-state index is 0.104. The van der Waals surface area contributed by atoms with Crippen LogP contribution in [0, 0.1) is 0 Å². The summed E-state index contributed by atoms with van der Waals surface area (Å²) in [7, 11) is 0. The fraction of sp³-hybridized carbons (Fsp3) is 0.700. The summed E-state index contributed by atoms with van der Waals surface area (Å²) in [6.45, 7) is 4.24. The summed E-state index contributed by atoms with van der Waals surface area (Å²) in [6, 6.07) is 0. The van der Waals surface area contributed by atoms with Crippen molar-refractivity contribution in [3.8, 4) is 0 Å². The fourth-order valence-electron chi connectivity index (χ4n) is 1.17. The largest absolute Gasteiger partial charge is 0.355 e. The average Bonchev–Trinajstić information content (AvgIpc) is 2.76. The van der Waals surface area contributed by atoms with E-state index in [9.17, 15) is 4.79 Å². The van der Waals surface area contributed by atoms with E-state index in [0.29, 0.717) is 13.0 Å². The summed E-state index contributed by atoms with van der Waals surface area (Å²) in [5, 5.41) is 9.32. The number of hydrogen-bond acceptors (Lipinski definition) is 4. The van der Waals surface area contributed by atoms with Gasteiger partial charge in [0.15, 0.2) is 0 Å². The zero-order chi connectivity index (χ0) is 12.0. The molecule has 1 aromatic rings. The second-order valence-electron chi connectivity index (χ2n) is 4.06. The Morgan fingerprint density at radius 2 is 2.44 bits per heavy atom. The SMILES string of the molecule is CCC(C)(N)C(=O)NCCCc1ncn[nH]1. The highest BCUT2D eigenvalue weighted by atomic mass is 16.2. The molecule has 6 heteroatoms. The number of carbonyl (C=O) groups excluding carboxylic acids is 1. The molecule has 6 nitrogen and oxygen atoms in total. The van der Waals surface area contributed by atoms with Crippen LogP contribution in [-0.2, 0) is 11.2 Å². The van der Waals surface area contributed by atoms with Gasteiger partial charge in [0.05, 0.1) is 5.54 Å². The highest BCUT2D eigenvalue weighted by Gasteiger charge is 2.25. The normalized spacial score (nSPS) is 14.4. The van der Waals surface area contributed by atoms with Crippen molar-refractivity contribution >= 4 is 5.91 Å². The van der Waals surface area contributed by atoms with Gasteiger partial charge in [0.1, 0.15) is 12.2 Å². The van der Waals surface area contributed by atoms with Crippen molar-refractivity contribution in [2.24, 2.45) is 5.73 Å². The Hall–Kier alpha value is -1.43. The number of carbonyl (C=O) groups is 1. The molecule has 4 N–H and O–H groups in total. The Bertz CT molecular complexity index is 320. The van der Waals surface area contributed by atoms with Crippen LogP contribution in [0.15, 0.2) is 6.33 Å².